The SMILES string of the molecule is C[C@@H]1CN(c2nc3ccccc3s2)CCN1C(=O)OC(C)(C)C. The van der Waals surface area contributed by atoms with E-state index in [-0.39, 0.29) is 12.1 Å². The Hall–Kier alpha value is -1.82. The summed E-state index contributed by atoms with van der Waals surface area (Å²) in [4.78, 5) is 21.1. The number of thiazole rings is 1. The third kappa shape index (κ3) is 3.58. The quantitative estimate of drug-likeness (QED) is 0.797. The molecule has 0 saturated carbocycles. The molecule has 0 unspecified atom stereocenters. The van der Waals surface area contributed by atoms with Gasteiger partial charge in [-0.25, -0.2) is 9.78 Å². The van der Waals surface area contributed by atoms with E-state index >= 15 is 0 Å². The van der Waals surface area contributed by atoms with Crippen LogP contribution in [-0.2, 0) is 4.74 Å². The summed E-state index contributed by atoms with van der Waals surface area (Å²) in [7, 11) is 0. The molecule has 0 N–H and O–H groups in total. The van der Waals surface area contributed by atoms with Gasteiger partial charge in [-0.15, -0.1) is 0 Å². The molecule has 5 nitrogen and oxygen atoms in total. The molecule has 1 amide bonds. The first-order chi connectivity index (χ1) is 10.8. The molecular formula is C17H23N3O2S. The highest BCUT2D eigenvalue weighted by Gasteiger charge is 2.31. The van der Waals surface area contributed by atoms with Gasteiger partial charge in [0.25, 0.3) is 0 Å². The number of anilines is 1. The molecule has 1 aliphatic heterocycles. The van der Waals surface area contributed by atoms with Crippen LogP contribution in [0.15, 0.2) is 24.3 Å². The van der Waals surface area contributed by atoms with Gasteiger partial charge in [0.05, 0.1) is 10.2 Å². The number of carbonyl (C=O) groups excluding carboxylic acids is 1. The van der Waals surface area contributed by atoms with Gasteiger partial charge in [0.2, 0.25) is 0 Å². The molecule has 124 valence electrons. The van der Waals surface area contributed by atoms with Crippen molar-refractivity contribution >= 4 is 32.8 Å². The fourth-order valence-corrected chi connectivity index (χ4v) is 3.72. The lowest BCUT2D eigenvalue weighted by atomic mass is 10.2. The van der Waals surface area contributed by atoms with Crippen molar-refractivity contribution < 1.29 is 9.53 Å². The van der Waals surface area contributed by atoms with Gasteiger partial charge in [-0.3, -0.25) is 0 Å². The second-order valence-electron chi connectivity index (χ2n) is 6.93. The molecular weight excluding hydrogens is 310 g/mol. The minimum Gasteiger partial charge on any atom is -0.444 e. The number of fused-ring (bicyclic) bond motifs is 1. The Morgan fingerprint density at radius 1 is 1.30 bits per heavy atom. The zero-order chi connectivity index (χ0) is 16.6. The van der Waals surface area contributed by atoms with Crippen molar-refractivity contribution in [2.45, 2.75) is 39.3 Å². The highest BCUT2D eigenvalue weighted by Crippen LogP contribution is 2.30. The Bertz CT molecular complexity index is 674. The molecule has 2 heterocycles. The minimum atomic E-state index is -0.457. The van der Waals surface area contributed by atoms with Gasteiger partial charge in [-0.2, -0.15) is 0 Å². The van der Waals surface area contributed by atoms with E-state index in [0.717, 1.165) is 23.7 Å². The summed E-state index contributed by atoms with van der Waals surface area (Å²) in [5.41, 5.74) is 0.579. The van der Waals surface area contributed by atoms with E-state index in [0.29, 0.717) is 6.54 Å². The normalized spacial score (nSPS) is 19.2. The highest BCUT2D eigenvalue weighted by atomic mass is 32.1. The molecule has 0 spiro atoms. The van der Waals surface area contributed by atoms with Crippen LogP contribution in [0.3, 0.4) is 0 Å². The van der Waals surface area contributed by atoms with E-state index in [4.69, 9.17) is 9.72 Å². The van der Waals surface area contributed by atoms with Crippen LogP contribution in [0.25, 0.3) is 10.2 Å². The Morgan fingerprint density at radius 3 is 2.70 bits per heavy atom. The Morgan fingerprint density at radius 2 is 2.04 bits per heavy atom. The zero-order valence-electron chi connectivity index (χ0n) is 14.1. The Labute approximate surface area is 140 Å². The van der Waals surface area contributed by atoms with Crippen LogP contribution < -0.4 is 4.90 Å². The molecule has 0 aliphatic carbocycles. The summed E-state index contributed by atoms with van der Waals surface area (Å²) in [6.45, 7) is 9.96. The molecule has 6 heteroatoms. The van der Waals surface area contributed by atoms with Gasteiger partial charge < -0.3 is 14.5 Å². The second-order valence-corrected chi connectivity index (χ2v) is 7.94. The lowest BCUT2D eigenvalue weighted by molar-refractivity contribution is 0.0159. The molecule has 1 fully saturated rings. The number of aromatic nitrogens is 1. The van der Waals surface area contributed by atoms with E-state index in [1.807, 2.05) is 43.9 Å². The highest BCUT2D eigenvalue weighted by molar-refractivity contribution is 7.22. The van der Waals surface area contributed by atoms with E-state index in [2.05, 4.69) is 17.9 Å². The summed E-state index contributed by atoms with van der Waals surface area (Å²) >= 11 is 1.71. The first-order valence-electron chi connectivity index (χ1n) is 7.93. The molecule has 0 bridgehead atoms. The number of rotatable bonds is 1. The maximum absolute atomic E-state index is 12.3. The van der Waals surface area contributed by atoms with Gasteiger partial charge in [-0.05, 0) is 39.8 Å². The van der Waals surface area contributed by atoms with Crippen LogP contribution in [-0.4, -0.2) is 47.3 Å². The molecule has 1 aromatic heterocycles. The van der Waals surface area contributed by atoms with Gasteiger partial charge in [0, 0.05) is 25.7 Å². The van der Waals surface area contributed by atoms with Crippen LogP contribution in [0.1, 0.15) is 27.7 Å². The average Bonchev–Trinajstić information content (AvgIpc) is 2.89. The average molecular weight is 333 g/mol. The second kappa shape index (κ2) is 6.00. The van der Waals surface area contributed by atoms with Crippen LogP contribution >= 0.6 is 11.3 Å². The van der Waals surface area contributed by atoms with Gasteiger partial charge in [-0.1, -0.05) is 23.5 Å². The van der Waals surface area contributed by atoms with E-state index in [9.17, 15) is 4.79 Å². The number of piperazine rings is 1. The smallest absolute Gasteiger partial charge is 0.410 e. The third-order valence-electron chi connectivity index (χ3n) is 3.81. The van der Waals surface area contributed by atoms with Gasteiger partial charge >= 0.3 is 6.09 Å². The van der Waals surface area contributed by atoms with Crippen LogP contribution in [0.4, 0.5) is 9.93 Å². The van der Waals surface area contributed by atoms with E-state index in [1.165, 1.54) is 4.70 Å². The summed E-state index contributed by atoms with van der Waals surface area (Å²) in [6.07, 6.45) is -0.228. The van der Waals surface area contributed by atoms with Crippen molar-refractivity contribution in [3.63, 3.8) is 0 Å². The number of carbonyl (C=O) groups is 1. The number of hydrogen-bond donors (Lipinski definition) is 0. The number of benzene rings is 1. The summed E-state index contributed by atoms with van der Waals surface area (Å²) < 4.78 is 6.69. The molecule has 1 aromatic carbocycles. The lowest BCUT2D eigenvalue weighted by Gasteiger charge is -2.40. The molecule has 1 saturated heterocycles. The largest absolute Gasteiger partial charge is 0.444 e. The van der Waals surface area contributed by atoms with Crippen molar-refractivity contribution in [3.05, 3.63) is 24.3 Å². The molecule has 1 aliphatic rings. The first-order valence-corrected chi connectivity index (χ1v) is 8.75. The minimum absolute atomic E-state index is 0.102. The van der Waals surface area contributed by atoms with Crippen LogP contribution in [0, 0.1) is 0 Å². The summed E-state index contributed by atoms with van der Waals surface area (Å²) in [5, 5.41) is 1.03. The van der Waals surface area contributed by atoms with Crippen LogP contribution in [0.5, 0.6) is 0 Å². The van der Waals surface area contributed by atoms with E-state index in [1.54, 1.807) is 11.3 Å². The Balaban J connectivity index is 1.69. The number of hydrogen-bond acceptors (Lipinski definition) is 5. The van der Waals surface area contributed by atoms with E-state index < -0.39 is 5.60 Å². The van der Waals surface area contributed by atoms with Gasteiger partial charge in [0.15, 0.2) is 5.13 Å². The maximum atomic E-state index is 12.3. The summed E-state index contributed by atoms with van der Waals surface area (Å²) in [5.74, 6) is 0. The zero-order valence-corrected chi connectivity index (χ0v) is 14.9. The fraction of sp³-hybridized carbons (Fsp3) is 0.529. The fourth-order valence-electron chi connectivity index (χ4n) is 2.72. The molecule has 3 rings (SSSR count). The third-order valence-corrected chi connectivity index (χ3v) is 4.91. The van der Waals surface area contributed by atoms with Crippen molar-refractivity contribution in [2.24, 2.45) is 0 Å². The van der Waals surface area contributed by atoms with Crippen molar-refractivity contribution in [3.8, 4) is 0 Å². The topological polar surface area (TPSA) is 45.7 Å². The monoisotopic (exact) mass is 333 g/mol. The van der Waals surface area contributed by atoms with Crippen molar-refractivity contribution in [1.82, 2.24) is 9.88 Å². The molecule has 2 aromatic rings. The Kier molecular flexibility index (Phi) is 4.19. The molecule has 1 atom stereocenters. The number of ether oxygens (including phenoxy) is 1. The standard InChI is InChI=1S/C17H23N3O2S/c1-12-11-19(9-10-20(12)16(21)22-17(2,3)4)15-18-13-7-5-6-8-14(13)23-15/h5-8,12H,9-11H2,1-4H3/t12-/m1/s1. The van der Waals surface area contributed by atoms with Crippen LogP contribution in [0.2, 0.25) is 0 Å². The summed E-state index contributed by atoms with van der Waals surface area (Å²) in [6, 6.07) is 8.28. The van der Waals surface area contributed by atoms with Gasteiger partial charge in [0.1, 0.15) is 5.60 Å². The first kappa shape index (κ1) is 16.1. The number of amides is 1. The maximum Gasteiger partial charge on any atom is 0.410 e. The predicted octanol–water partition coefficient (Wildman–Crippen LogP) is 3.74. The lowest BCUT2D eigenvalue weighted by Crippen LogP contribution is -2.55. The number of para-hydroxylation sites is 1. The predicted molar refractivity (Wildman–Crippen MR) is 94.2 cm³/mol. The molecule has 23 heavy (non-hydrogen) atoms. The van der Waals surface area contributed by atoms with Crippen molar-refractivity contribution in [1.29, 1.82) is 0 Å². The molecule has 0 radical (unpaired) electrons. The van der Waals surface area contributed by atoms with Crippen molar-refractivity contribution in [2.75, 3.05) is 24.5 Å². The number of nitrogens with zero attached hydrogens (tertiary/aromatic N) is 3.